The van der Waals surface area contributed by atoms with Crippen molar-refractivity contribution in [2.75, 3.05) is 0 Å². The SMILES string of the molecule is O=Cc1ccc2c(c1)c1ccccc1c1c3ccccc3c3ccccc3c21. The van der Waals surface area contributed by atoms with Crippen molar-refractivity contribution < 1.29 is 4.79 Å². The van der Waals surface area contributed by atoms with Crippen molar-refractivity contribution in [1.82, 2.24) is 0 Å². The Labute approximate surface area is 161 Å². The summed E-state index contributed by atoms with van der Waals surface area (Å²) in [4.78, 5) is 11.4. The molecule has 0 radical (unpaired) electrons. The first-order valence-corrected chi connectivity index (χ1v) is 9.49. The Kier molecular flexibility index (Phi) is 3.09. The Morgan fingerprint density at radius 1 is 0.429 bits per heavy atom. The molecule has 0 amide bonds. The summed E-state index contributed by atoms with van der Waals surface area (Å²) in [7, 11) is 0. The summed E-state index contributed by atoms with van der Waals surface area (Å²) in [6, 6.07) is 31.9. The molecule has 130 valence electrons. The zero-order chi connectivity index (χ0) is 18.7. The Hall–Kier alpha value is -3.71. The van der Waals surface area contributed by atoms with E-state index in [2.05, 4.69) is 78.9 Å². The number of carbonyl (C=O) groups is 1. The number of benzene rings is 6. The summed E-state index contributed by atoms with van der Waals surface area (Å²) in [5.41, 5.74) is 0.710. The highest BCUT2D eigenvalue weighted by Gasteiger charge is 2.15. The van der Waals surface area contributed by atoms with E-state index in [1.807, 2.05) is 12.1 Å². The molecule has 0 saturated heterocycles. The smallest absolute Gasteiger partial charge is 0.150 e. The van der Waals surface area contributed by atoms with Crippen LogP contribution in [-0.2, 0) is 0 Å². The number of hydrogen-bond donors (Lipinski definition) is 0. The summed E-state index contributed by atoms with van der Waals surface area (Å²) in [6.07, 6.45) is 0.927. The average Bonchev–Trinajstić information content (AvgIpc) is 2.78. The van der Waals surface area contributed by atoms with Crippen LogP contribution in [0.2, 0.25) is 0 Å². The van der Waals surface area contributed by atoms with Crippen LogP contribution in [0.1, 0.15) is 10.4 Å². The van der Waals surface area contributed by atoms with E-state index in [1.54, 1.807) is 0 Å². The summed E-state index contributed by atoms with van der Waals surface area (Å²) in [6.45, 7) is 0. The van der Waals surface area contributed by atoms with E-state index in [0.29, 0.717) is 5.56 Å². The standard InChI is InChI=1S/C27H16O/c28-16-17-13-14-24-25(15-17)20-9-3-6-12-23(20)26-21-10-4-1-7-18(21)19-8-2-5-11-22(19)27(24)26/h1-16H. The largest absolute Gasteiger partial charge is 0.298 e. The van der Waals surface area contributed by atoms with E-state index in [1.165, 1.54) is 48.5 Å². The minimum atomic E-state index is 0.710. The lowest BCUT2D eigenvalue weighted by Crippen LogP contribution is -1.89. The van der Waals surface area contributed by atoms with E-state index >= 15 is 0 Å². The Morgan fingerprint density at radius 3 is 1.29 bits per heavy atom. The third-order valence-electron chi connectivity index (χ3n) is 5.87. The first-order valence-electron chi connectivity index (χ1n) is 9.49. The molecule has 0 aromatic heterocycles. The molecule has 6 aromatic carbocycles. The van der Waals surface area contributed by atoms with Crippen LogP contribution >= 0.6 is 0 Å². The lowest BCUT2D eigenvalue weighted by atomic mass is 9.87. The topological polar surface area (TPSA) is 17.1 Å². The molecule has 0 aliphatic rings. The molecule has 6 rings (SSSR count). The molecule has 0 atom stereocenters. The third kappa shape index (κ3) is 1.93. The number of aldehydes is 1. The number of fused-ring (bicyclic) bond motifs is 11. The van der Waals surface area contributed by atoms with Crippen molar-refractivity contribution in [3.63, 3.8) is 0 Å². The van der Waals surface area contributed by atoms with Gasteiger partial charge in [-0.15, -0.1) is 0 Å². The van der Waals surface area contributed by atoms with Crippen molar-refractivity contribution in [2.45, 2.75) is 0 Å². The Bertz CT molecular complexity index is 1570. The minimum absolute atomic E-state index is 0.710. The van der Waals surface area contributed by atoms with E-state index in [-0.39, 0.29) is 0 Å². The first kappa shape index (κ1) is 15.4. The predicted molar refractivity (Wildman–Crippen MR) is 119 cm³/mol. The van der Waals surface area contributed by atoms with Gasteiger partial charge in [-0.25, -0.2) is 0 Å². The van der Waals surface area contributed by atoms with Crippen LogP contribution in [0.25, 0.3) is 53.9 Å². The van der Waals surface area contributed by atoms with Crippen molar-refractivity contribution in [3.8, 4) is 0 Å². The molecule has 0 bridgehead atoms. The highest BCUT2D eigenvalue weighted by atomic mass is 16.1. The van der Waals surface area contributed by atoms with Crippen LogP contribution in [0, 0.1) is 0 Å². The Balaban J connectivity index is 2.08. The van der Waals surface area contributed by atoms with Crippen LogP contribution in [0.15, 0.2) is 91.0 Å². The molecular weight excluding hydrogens is 340 g/mol. The second kappa shape index (κ2) is 5.64. The summed E-state index contributed by atoms with van der Waals surface area (Å²) in [5.74, 6) is 0. The van der Waals surface area contributed by atoms with Gasteiger partial charge >= 0.3 is 0 Å². The maximum Gasteiger partial charge on any atom is 0.150 e. The van der Waals surface area contributed by atoms with Gasteiger partial charge in [-0.1, -0.05) is 84.9 Å². The quantitative estimate of drug-likeness (QED) is 0.224. The van der Waals surface area contributed by atoms with Crippen molar-refractivity contribution >= 4 is 60.1 Å². The lowest BCUT2D eigenvalue weighted by molar-refractivity contribution is 0.112. The molecule has 1 heteroatoms. The van der Waals surface area contributed by atoms with Crippen LogP contribution < -0.4 is 0 Å². The van der Waals surface area contributed by atoms with Gasteiger partial charge < -0.3 is 0 Å². The molecule has 0 unspecified atom stereocenters. The first-order chi connectivity index (χ1) is 13.9. The van der Waals surface area contributed by atoms with Gasteiger partial charge in [-0.2, -0.15) is 0 Å². The predicted octanol–water partition coefficient (Wildman–Crippen LogP) is 7.27. The summed E-state index contributed by atoms with van der Waals surface area (Å²) in [5, 5.41) is 12.4. The molecule has 6 aromatic rings. The van der Waals surface area contributed by atoms with Crippen molar-refractivity contribution in [3.05, 3.63) is 96.6 Å². The molecule has 0 saturated carbocycles. The van der Waals surface area contributed by atoms with Crippen LogP contribution in [0.4, 0.5) is 0 Å². The lowest BCUT2D eigenvalue weighted by Gasteiger charge is -2.16. The van der Waals surface area contributed by atoms with E-state index in [0.717, 1.165) is 11.7 Å². The number of rotatable bonds is 1. The van der Waals surface area contributed by atoms with Crippen LogP contribution in [0.3, 0.4) is 0 Å². The highest BCUT2D eigenvalue weighted by Crippen LogP contribution is 2.43. The van der Waals surface area contributed by atoms with E-state index in [4.69, 9.17) is 0 Å². The molecule has 0 fully saturated rings. The fourth-order valence-electron chi connectivity index (χ4n) is 4.71. The van der Waals surface area contributed by atoms with Crippen LogP contribution in [0.5, 0.6) is 0 Å². The molecule has 0 heterocycles. The fourth-order valence-corrected chi connectivity index (χ4v) is 4.71. The van der Waals surface area contributed by atoms with Gasteiger partial charge in [0.05, 0.1) is 0 Å². The van der Waals surface area contributed by atoms with Crippen molar-refractivity contribution in [1.29, 1.82) is 0 Å². The molecule has 0 aliphatic carbocycles. The Morgan fingerprint density at radius 2 is 0.821 bits per heavy atom. The van der Waals surface area contributed by atoms with Crippen molar-refractivity contribution in [2.24, 2.45) is 0 Å². The highest BCUT2D eigenvalue weighted by molar-refractivity contribution is 6.39. The monoisotopic (exact) mass is 356 g/mol. The molecule has 0 spiro atoms. The van der Waals surface area contributed by atoms with Gasteiger partial charge in [0.2, 0.25) is 0 Å². The maximum atomic E-state index is 11.4. The van der Waals surface area contributed by atoms with E-state index in [9.17, 15) is 4.79 Å². The molecular formula is C27H16O. The minimum Gasteiger partial charge on any atom is -0.298 e. The molecule has 28 heavy (non-hydrogen) atoms. The zero-order valence-electron chi connectivity index (χ0n) is 15.1. The molecule has 0 N–H and O–H groups in total. The summed E-state index contributed by atoms with van der Waals surface area (Å²) >= 11 is 0. The van der Waals surface area contributed by atoms with Gasteiger partial charge in [0.1, 0.15) is 6.29 Å². The fraction of sp³-hybridized carbons (Fsp3) is 0. The van der Waals surface area contributed by atoms with Gasteiger partial charge in [0.15, 0.2) is 0 Å². The second-order valence-electron chi connectivity index (χ2n) is 7.31. The number of carbonyl (C=O) groups excluding carboxylic acids is 1. The maximum absolute atomic E-state index is 11.4. The molecule has 1 nitrogen and oxygen atoms in total. The summed E-state index contributed by atoms with van der Waals surface area (Å²) < 4.78 is 0. The average molecular weight is 356 g/mol. The zero-order valence-corrected chi connectivity index (χ0v) is 15.1. The van der Waals surface area contributed by atoms with E-state index < -0.39 is 0 Å². The van der Waals surface area contributed by atoms with Gasteiger partial charge in [-0.05, 0) is 59.9 Å². The van der Waals surface area contributed by atoms with Gasteiger partial charge in [0.25, 0.3) is 0 Å². The number of hydrogen-bond acceptors (Lipinski definition) is 1. The normalized spacial score (nSPS) is 11.7. The molecule has 0 aliphatic heterocycles. The third-order valence-corrected chi connectivity index (χ3v) is 5.87. The second-order valence-corrected chi connectivity index (χ2v) is 7.31. The van der Waals surface area contributed by atoms with Crippen LogP contribution in [-0.4, -0.2) is 6.29 Å². The van der Waals surface area contributed by atoms with Gasteiger partial charge in [-0.3, -0.25) is 4.79 Å². The van der Waals surface area contributed by atoms with Gasteiger partial charge in [0, 0.05) is 5.56 Å².